The maximum Gasteiger partial charge on any atom is 0.274 e. The third-order valence-electron chi connectivity index (χ3n) is 4.48. The van der Waals surface area contributed by atoms with Gasteiger partial charge in [-0.05, 0) is 55.5 Å². The molecule has 0 aliphatic carbocycles. The van der Waals surface area contributed by atoms with Crippen LogP contribution >= 0.6 is 0 Å². The average Bonchev–Trinajstić information content (AvgIpc) is 3.40. The molecule has 9 nitrogen and oxygen atoms in total. The molecular formula is C20H18FN7O2. The molecule has 30 heavy (non-hydrogen) atoms. The lowest BCUT2D eigenvalue weighted by atomic mass is 10.2. The number of aromatic amines is 1. The van der Waals surface area contributed by atoms with Gasteiger partial charge in [0.15, 0.2) is 11.5 Å². The van der Waals surface area contributed by atoms with Gasteiger partial charge < -0.3 is 10.1 Å². The number of aromatic nitrogens is 6. The number of nitrogens with zero attached hydrogens (tertiary/aromatic N) is 5. The zero-order valence-electron chi connectivity index (χ0n) is 16.3. The number of halogens is 1. The van der Waals surface area contributed by atoms with E-state index >= 15 is 0 Å². The maximum absolute atomic E-state index is 13.1. The number of carbonyl (C=O) groups is 1. The number of carbonyl (C=O) groups excluding carboxylic acids is 1. The van der Waals surface area contributed by atoms with E-state index in [2.05, 4.69) is 30.8 Å². The number of H-pyrrole nitrogens is 1. The highest BCUT2D eigenvalue weighted by Gasteiger charge is 2.18. The molecule has 2 aromatic carbocycles. The van der Waals surface area contributed by atoms with E-state index < -0.39 is 5.91 Å². The molecule has 0 bridgehead atoms. The van der Waals surface area contributed by atoms with Crippen molar-refractivity contribution in [2.75, 3.05) is 7.11 Å². The second-order valence-corrected chi connectivity index (χ2v) is 6.43. The molecular weight excluding hydrogens is 389 g/mol. The summed E-state index contributed by atoms with van der Waals surface area (Å²) >= 11 is 0. The summed E-state index contributed by atoms with van der Waals surface area (Å²) in [5.74, 6) is 1.00. The van der Waals surface area contributed by atoms with Crippen LogP contribution in [-0.2, 0) is 6.54 Å². The predicted molar refractivity (Wildman–Crippen MR) is 106 cm³/mol. The van der Waals surface area contributed by atoms with Gasteiger partial charge in [-0.15, -0.1) is 5.10 Å². The van der Waals surface area contributed by atoms with E-state index in [0.717, 1.165) is 11.3 Å². The van der Waals surface area contributed by atoms with Crippen LogP contribution in [-0.4, -0.2) is 43.2 Å². The number of methoxy groups -OCH3 is 1. The summed E-state index contributed by atoms with van der Waals surface area (Å²) < 4.78 is 19.7. The van der Waals surface area contributed by atoms with E-state index in [1.54, 1.807) is 26.2 Å². The molecule has 0 radical (unpaired) electrons. The Balaban J connectivity index is 1.43. The number of nitrogens with one attached hydrogen (secondary N) is 2. The van der Waals surface area contributed by atoms with Crippen molar-refractivity contribution in [2.24, 2.45) is 0 Å². The van der Waals surface area contributed by atoms with Gasteiger partial charge in [0.05, 0.1) is 25.0 Å². The highest BCUT2D eigenvalue weighted by Crippen LogP contribution is 2.19. The molecule has 0 unspecified atom stereocenters. The van der Waals surface area contributed by atoms with Gasteiger partial charge >= 0.3 is 0 Å². The van der Waals surface area contributed by atoms with Gasteiger partial charge in [-0.3, -0.25) is 9.89 Å². The Kier molecular flexibility index (Phi) is 5.21. The second kappa shape index (κ2) is 8.11. The zero-order valence-corrected chi connectivity index (χ0v) is 16.3. The van der Waals surface area contributed by atoms with Crippen molar-refractivity contribution in [2.45, 2.75) is 13.5 Å². The standard InChI is InChI=1S/C20H18FN7O2/c1-12-18(25-27-28(12)15-7-5-14(21)6-8-15)20(29)22-11-17-23-19(26-24-17)13-3-9-16(30-2)10-4-13/h3-10H,11H2,1-2H3,(H,22,29)(H,23,24,26). The van der Waals surface area contributed by atoms with Gasteiger partial charge in [0.2, 0.25) is 0 Å². The fourth-order valence-corrected chi connectivity index (χ4v) is 2.86. The quantitative estimate of drug-likeness (QED) is 0.508. The van der Waals surface area contributed by atoms with Crippen molar-refractivity contribution in [3.05, 3.63) is 71.6 Å². The molecule has 2 aromatic heterocycles. The van der Waals surface area contributed by atoms with E-state index in [-0.39, 0.29) is 18.1 Å². The first-order valence-electron chi connectivity index (χ1n) is 9.07. The summed E-state index contributed by atoms with van der Waals surface area (Å²) in [4.78, 5) is 16.9. The van der Waals surface area contributed by atoms with Crippen molar-refractivity contribution in [3.63, 3.8) is 0 Å². The first-order valence-corrected chi connectivity index (χ1v) is 9.07. The fourth-order valence-electron chi connectivity index (χ4n) is 2.86. The second-order valence-electron chi connectivity index (χ2n) is 6.43. The van der Waals surface area contributed by atoms with E-state index in [1.165, 1.54) is 16.8 Å². The smallest absolute Gasteiger partial charge is 0.274 e. The number of hydrogen-bond acceptors (Lipinski definition) is 6. The molecule has 0 fully saturated rings. The normalized spacial score (nSPS) is 10.8. The van der Waals surface area contributed by atoms with Crippen molar-refractivity contribution in [3.8, 4) is 22.8 Å². The first-order chi connectivity index (χ1) is 14.5. The summed E-state index contributed by atoms with van der Waals surface area (Å²) in [7, 11) is 1.60. The highest BCUT2D eigenvalue weighted by molar-refractivity contribution is 5.93. The Labute approximate surface area is 170 Å². The monoisotopic (exact) mass is 407 g/mol. The van der Waals surface area contributed by atoms with Crippen LogP contribution in [0.4, 0.5) is 4.39 Å². The van der Waals surface area contributed by atoms with Crippen molar-refractivity contribution in [1.29, 1.82) is 0 Å². The molecule has 2 N–H and O–H groups in total. The molecule has 1 amide bonds. The van der Waals surface area contributed by atoms with E-state index in [9.17, 15) is 9.18 Å². The van der Waals surface area contributed by atoms with E-state index in [4.69, 9.17) is 4.74 Å². The van der Waals surface area contributed by atoms with Crippen molar-refractivity contribution >= 4 is 5.91 Å². The molecule has 2 heterocycles. The Bertz CT molecular complexity index is 1170. The summed E-state index contributed by atoms with van der Waals surface area (Å²) in [6, 6.07) is 13.1. The molecule has 0 atom stereocenters. The van der Waals surface area contributed by atoms with Crippen LogP contribution in [0.15, 0.2) is 48.5 Å². The average molecular weight is 407 g/mol. The minimum absolute atomic E-state index is 0.144. The Morgan fingerprint density at radius 3 is 2.60 bits per heavy atom. The molecule has 0 aliphatic heterocycles. The molecule has 0 spiro atoms. The third kappa shape index (κ3) is 3.88. The van der Waals surface area contributed by atoms with Gasteiger partial charge in [-0.1, -0.05) is 5.21 Å². The van der Waals surface area contributed by atoms with Crippen molar-refractivity contribution in [1.82, 2.24) is 35.5 Å². The number of benzene rings is 2. The summed E-state index contributed by atoms with van der Waals surface area (Å²) in [6.07, 6.45) is 0. The zero-order chi connectivity index (χ0) is 21.1. The molecule has 10 heteroatoms. The first kappa shape index (κ1) is 19.2. The number of hydrogen-bond donors (Lipinski definition) is 2. The summed E-state index contributed by atoms with van der Waals surface area (Å²) in [5, 5.41) is 17.7. The Morgan fingerprint density at radius 2 is 1.90 bits per heavy atom. The minimum atomic E-state index is -0.400. The lowest BCUT2D eigenvalue weighted by Gasteiger charge is -2.04. The Morgan fingerprint density at radius 1 is 1.17 bits per heavy atom. The van der Waals surface area contributed by atoms with Crippen LogP contribution in [0.3, 0.4) is 0 Å². The molecule has 4 rings (SSSR count). The van der Waals surface area contributed by atoms with Gasteiger partial charge in [-0.25, -0.2) is 14.1 Å². The Hall–Kier alpha value is -4.08. The molecule has 152 valence electrons. The van der Waals surface area contributed by atoms with Crippen LogP contribution < -0.4 is 10.1 Å². The van der Waals surface area contributed by atoms with Crippen LogP contribution in [0.1, 0.15) is 22.0 Å². The van der Waals surface area contributed by atoms with Gasteiger partial charge in [0.1, 0.15) is 17.4 Å². The van der Waals surface area contributed by atoms with Gasteiger partial charge in [0, 0.05) is 5.56 Å². The topological polar surface area (TPSA) is 111 Å². The largest absolute Gasteiger partial charge is 0.497 e. The molecule has 0 saturated carbocycles. The third-order valence-corrected chi connectivity index (χ3v) is 4.48. The minimum Gasteiger partial charge on any atom is -0.497 e. The van der Waals surface area contributed by atoms with Crippen LogP contribution in [0.25, 0.3) is 17.1 Å². The highest BCUT2D eigenvalue weighted by atomic mass is 19.1. The van der Waals surface area contributed by atoms with Crippen LogP contribution in [0.5, 0.6) is 5.75 Å². The SMILES string of the molecule is COc1ccc(-c2n[nH]c(CNC(=O)c3nnn(-c4ccc(F)cc4)c3C)n2)cc1. The summed E-state index contributed by atoms with van der Waals surface area (Å²) in [6.45, 7) is 1.86. The van der Waals surface area contributed by atoms with Gasteiger partial charge in [0.25, 0.3) is 5.91 Å². The number of ether oxygens (including phenoxy) is 1. The lowest BCUT2D eigenvalue weighted by Crippen LogP contribution is -2.24. The van der Waals surface area contributed by atoms with Crippen molar-refractivity contribution < 1.29 is 13.9 Å². The molecule has 0 aliphatic rings. The molecule has 0 saturated heterocycles. The summed E-state index contributed by atoms with van der Waals surface area (Å²) in [5.41, 5.74) is 2.15. The van der Waals surface area contributed by atoms with Gasteiger partial charge in [-0.2, -0.15) is 5.10 Å². The lowest BCUT2D eigenvalue weighted by molar-refractivity contribution is 0.0944. The number of amides is 1. The number of rotatable bonds is 6. The fraction of sp³-hybridized carbons (Fsp3) is 0.150. The predicted octanol–water partition coefficient (Wildman–Crippen LogP) is 2.44. The molecule has 4 aromatic rings. The van der Waals surface area contributed by atoms with E-state index in [1.807, 2.05) is 24.3 Å². The van der Waals surface area contributed by atoms with E-state index in [0.29, 0.717) is 23.0 Å². The van der Waals surface area contributed by atoms with Crippen LogP contribution in [0.2, 0.25) is 0 Å². The maximum atomic E-state index is 13.1. The van der Waals surface area contributed by atoms with Crippen LogP contribution in [0, 0.1) is 12.7 Å².